The van der Waals surface area contributed by atoms with Crippen LogP contribution < -0.4 is 4.90 Å². The number of halogens is 2. The molecule has 1 fully saturated rings. The van der Waals surface area contributed by atoms with Crippen LogP contribution in [0.2, 0.25) is 10.0 Å². The molecule has 3 heterocycles. The number of aliphatic hydroxyl groups excluding tert-OH is 1. The molecular weight excluding hydrogens is 555 g/mol. The molecule has 12 heteroatoms. The molecule has 2 aromatic carbocycles. The first-order chi connectivity index (χ1) is 17.8. The molecule has 0 radical (unpaired) electrons. The van der Waals surface area contributed by atoms with Gasteiger partial charge in [-0.05, 0) is 47.5 Å². The summed E-state index contributed by atoms with van der Waals surface area (Å²) in [5.41, 5.74) is 1.48. The second-order valence-corrected chi connectivity index (χ2v) is 10.9. The Balaban J connectivity index is 1.53. The van der Waals surface area contributed by atoms with Crippen LogP contribution in [0.4, 0.5) is 5.13 Å². The number of phenols is 1. The summed E-state index contributed by atoms with van der Waals surface area (Å²) in [5.74, 6) is -1.66. The molecule has 4 aromatic rings. The number of hydrogen-bond acceptors (Lipinski definition) is 9. The molecule has 1 amide bonds. The summed E-state index contributed by atoms with van der Waals surface area (Å²) in [6.45, 7) is 0. The number of aromatic hydroxyl groups is 1. The highest BCUT2D eigenvalue weighted by atomic mass is 35.5. The van der Waals surface area contributed by atoms with E-state index in [1.54, 1.807) is 24.3 Å². The van der Waals surface area contributed by atoms with E-state index in [0.29, 0.717) is 31.3 Å². The monoisotopic (exact) mass is 570 g/mol. The topological polar surface area (TPSA) is 117 Å². The van der Waals surface area contributed by atoms with Crippen LogP contribution in [0.3, 0.4) is 0 Å². The zero-order valence-corrected chi connectivity index (χ0v) is 21.9. The predicted molar refractivity (Wildman–Crippen MR) is 143 cm³/mol. The number of aromatic nitrogens is 3. The number of carbonyl (C=O) groups excluding carboxylic acids is 2. The second-order valence-electron chi connectivity index (χ2n) is 7.87. The Kier molecular flexibility index (Phi) is 7.16. The lowest BCUT2D eigenvalue weighted by Crippen LogP contribution is -2.29. The number of hydrogen-bond donors (Lipinski definition) is 2. The quantitative estimate of drug-likeness (QED) is 0.0972. The van der Waals surface area contributed by atoms with Gasteiger partial charge in [-0.1, -0.05) is 64.5 Å². The molecule has 1 saturated heterocycles. The zero-order chi connectivity index (χ0) is 26.1. The Morgan fingerprint density at radius 1 is 1.05 bits per heavy atom. The number of thioether (sulfide) groups is 1. The fourth-order valence-corrected chi connectivity index (χ4v) is 6.27. The lowest BCUT2D eigenvalue weighted by Gasteiger charge is -2.22. The predicted octanol–water partition coefficient (Wildman–Crippen LogP) is 5.86. The zero-order valence-electron chi connectivity index (χ0n) is 18.7. The molecule has 186 valence electrons. The van der Waals surface area contributed by atoms with Gasteiger partial charge in [0.15, 0.2) is 4.34 Å². The first-order valence-electron chi connectivity index (χ1n) is 10.7. The van der Waals surface area contributed by atoms with Crippen LogP contribution in [-0.4, -0.2) is 37.1 Å². The van der Waals surface area contributed by atoms with Gasteiger partial charge in [-0.2, -0.15) is 0 Å². The van der Waals surface area contributed by atoms with Crippen molar-refractivity contribution in [3.63, 3.8) is 0 Å². The number of anilines is 1. The van der Waals surface area contributed by atoms with Crippen molar-refractivity contribution in [2.75, 3.05) is 4.90 Å². The maximum Gasteiger partial charge on any atom is 0.301 e. The van der Waals surface area contributed by atoms with E-state index >= 15 is 0 Å². The van der Waals surface area contributed by atoms with E-state index < -0.39 is 17.7 Å². The number of aliphatic hydroxyl groups is 1. The van der Waals surface area contributed by atoms with Crippen LogP contribution in [0.5, 0.6) is 5.75 Å². The molecule has 2 aromatic heterocycles. The van der Waals surface area contributed by atoms with Crippen LogP contribution in [0.1, 0.15) is 22.7 Å². The van der Waals surface area contributed by atoms with E-state index in [9.17, 15) is 19.8 Å². The summed E-state index contributed by atoms with van der Waals surface area (Å²) in [6.07, 6.45) is 2.94. The highest BCUT2D eigenvalue weighted by molar-refractivity contribution is 8.00. The normalized spacial score (nSPS) is 16.9. The molecule has 0 saturated carbocycles. The van der Waals surface area contributed by atoms with Crippen molar-refractivity contribution in [3.8, 4) is 5.75 Å². The van der Waals surface area contributed by atoms with E-state index in [0.717, 1.165) is 16.9 Å². The van der Waals surface area contributed by atoms with Gasteiger partial charge in [-0.15, -0.1) is 10.2 Å². The van der Waals surface area contributed by atoms with Crippen molar-refractivity contribution in [3.05, 3.63) is 99.3 Å². The van der Waals surface area contributed by atoms with Crippen LogP contribution >= 0.6 is 46.3 Å². The highest BCUT2D eigenvalue weighted by Gasteiger charge is 2.48. The minimum Gasteiger partial charge on any atom is -0.508 e. The third-order valence-corrected chi connectivity index (χ3v) is 8.24. The van der Waals surface area contributed by atoms with Crippen molar-refractivity contribution in [1.82, 2.24) is 15.2 Å². The van der Waals surface area contributed by atoms with Crippen LogP contribution in [0.15, 0.2) is 76.9 Å². The third-order valence-electron chi connectivity index (χ3n) is 5.55. The molecule has 37 heavy (non-hydrogen) atoms. The molecule has 2 N–H and O–H groups in total. The maximum absolute atomic E-state index is 13.2. The average Bonchev–Trinajstić information content (AvgIpc) is 3.46. The van der Waals surface area contributed by atoms with E-state index in [2.05, 4.69) is 15.2 Å². The van der Waals surface area contributed by atoms with Gasteiger partial charge in [0.2, 0.25) is 5.13 Å². The summed E-state index contributed by atoms with van der Waals surface area (Å²) < 4.78 is 0.548. The summed E-state index contributed by atoms with van der Waals surface area (Å²) in [7, 11) is 0. The second kappa shape index (κ2) is 10.5. The van der Waals surface area contributed by atoms with Gasteiger partial charge in [0.05, 0.1) is 11.6 Å². The molecular formula is C25H16Cl2N4O4S2. The lowest BCUT2D eigenvalue weighted by molar-refractivity contribution is -0.132. The van der Waals surface area contributed by atoms with E-state index in [-0.39, 0.29) is 22.2 Å². The fraction of sp³-hybridized carbons (Fsp3) is 0.0800. The van der Waals surface area contributed by atoms with E-state index in [1.807, 2.05) is 6.07 Å². The van der Waals surface area contributed by atoms with Crippen molar-refractivity contribution in [1.29, 1.82) is 0 Å². The highest BCUT2D eigenvalue weighted by Crippen LogP contribution is 2.44. The number of Topliss-reactive ketones (excluding diaryl/α,β-unsaturated/α-hetero) is 1. The molecule has 1 aliphatic heterocycles. The van der Waals surface area contributed by atoms with Crippen molar-refractivity contribution < 1.29 is 19.8 Å². The smallest absolute Gasteiger partial charge is 0.301 e. The molecule has 5 rings (SSSR count). The lowest BCUT2D eigenvalue weighted by atomic mass is 9.95. The van der Waals surface area contributed by atoms with Gasteiger partial charge < -0.3 is 10.2 Å². The summed E-state index contributed by atoms with van der Waals surface area (Å²) in [5, 5.41) is 30.7. The Morgan fingerprint density at radius 2 is 1.84 bits per heavy atom. The van der Waals surface area contributed by atoms with Gasteiger partial charge in [0.25, 0.3) is 5.78 Å². The van der Waals surface area contributed by atoms with Gasteiger partial charge in [0, 0.05) is 33.8 Å². The SMILES string of the molecule is O=C1C(=O)N(c2nnc(SCc3ccc(Cl)cc3Cl)s2)C(c2cccc(O)c2)/C1=C(\O)c1ccncc1. The Bertz CT molecular complexity index is 1540. The van der Waals surface area contributed by atoms with E-state index in [1.165, 1.54) is 53.3 Å². The van der Waals surface area contributed by atoms with Crippen molar-refractivity contribution in [2.24, 2.45) is 0 Å². The molecule has 1 atom stereocenters. The number of carbonyl (C=O) groups is 2. The summed E-state index contributed by atoms with van der Waals surface area (Å²) >= 11 is 14.7. The number of nitrogens with zero attached hydrogens (tertiary/aromatic N) is 4. The number of benzene rings is 2. The molecule has 1 unspecified atom stereocenters. The minimum atomic E-state index is -1.03. The number of ketones is 1. The molecule has 1 aliphatic rings. The van der Waals surface area contributed by atoms with E-state index in [4.69, 9.17) is 23.2 Å². The van der Waals surface area contributed by atoms with Crippen LogP contribution in [-0.2, 0) is 15.3 Å². The third kappa shape index (κ3) is 5.05. The largest absolute Gasteiger partial charge is 0.508 e. The fourth-order valence-electron chi connectivity index (χ4n) is 3.84. The van der Waals surface area contributed by atoms with Crippen LogP contribution in [0.25, 0.3) is 5.76 Å². The minimum absolute atomic E-state index is 0.0552. The molecule has 8 nitrogen and oxygen atoms in total. The van der Waals surface area contributed by atoms with Gasteiger partial charge in [-0.3, -0.25) is 19.5 Å². The van der Waals surface area contributed by atoms with Gasteiger partial charge >= 0.3 is 5.91 Å². The molecule has 0 bridgehead atoms. The first-order valence-corrected chi connectivity index (χ1v) is 13.3. The Labute approximate surface area is 229 Å². The average molecular weight is 571 g/mol. The first kappa shape index (κ1) is 25.2. The standard InChI is InChI=1S/C25H16Cl2N4O4S2/c26-16-5-4-15(18(27)11-16)12-36-25-30-29-24(37-25)31-20(14-2-1-3-17(32)10-14)19(22(34)23(31)35)21(33)13-6-8-28-9-7-13/h1-11,20,32-33H,12H2/b21-19+. The molecule has 0 spiro atoms. The molecule has 0 aliphatic carbocycles. The summed E-state index contributed by atoms with van der Waals surface area (Å²) in [4.78, 5) is 31.6. The number of pyridine rings is 1. The van der Waals surface area contributed by atoms with Crippen molar-refractivity contribution >= 4 is 68.9 Å². The number of phenolic OH excluding ortho intramolecular Hbond substituents is 1. The Morgan fingerprint density at radius 3 is 2.57 bits per heavy atom. The number of amides is 1. The summed E-state index contributed by atoms with van der Waals surface area (Å²) in [6, 6.07) is 13.4. The van der Waals surface area contributed by atoms with Crippen LogP contribution in [0, 0.1) is 0 Å². The van der Waals surface area contributed by atoms with Gasteiger partial charge in [0.1, 0.15) is 11.5 Å². The van der Waals surface area contributed by atoms with Gasteiger partial charge in [-0.25, -0.2) is 0 Å². The Hall–Kier alpha value is -3.44. The number of rotatable bonds is 6. The van der Waals surface area contributed by atoms with Crippen molar-refractivity contribution in [2.45, 2.75) is 16.1 Å². The maximum atomic E-state index is 13.2.